The van der Waals surface area contributed by atoms with Crippen molar-refractivity contribution in [1.29, 1.82) is 0 Å². The second kappa shape index (κ2) is 4.30. The van der Waals surface area contributed by atoms with Crippen LogP contribution in [0.3, 0.4) is 0 Å². The molecule has 1 aliphatic carbocycles. The van der Waals surface area contributed by atoms with E-state index in [9.17, 15) is 0 Å². The molecule has 4 rings (SSSR count). The van der Waals surface area contributed by atoms with Crippen LogP contribution in [-0.4, -0.2) is 16.7 Å². The van der Waals surface area contributed by atoms with Gasteiger partial charge in [-0.25, -0.2) is 0 Å². The van der Waals surface area contributed by atoms with Crippen LogP contribution >= 0.6 is 11.3 Å². The van der Waals surface area contributed by atoms with Crippen LogP contribution in [0.25, 0.3) is 11.5 Å². The van der Waals surface area contributed by atoms with Crippen molar-refractivity contribution < 1.29 is 9.26 Å². The number of aromatic nitrogens is 2. The summed E-state index contributed by atoms with van der Waals surface area (Å²) in [6.45, 7) is 2.78. The van der Waals surface area contributed by atoms with Gasteiger partial charge in [-0.2, -0.15) is 4.98 Å². The Balaban J connectivity index is 1.75. The molecule has 3 heterocycles. The Morgan fingerprint density at radius 2 is 2.20 bits per heavy atom. The lowest BCUT2D eigenvalue weighted by molar-refractivity contribution is 0.00768. The van der Waals surface area contributed by atoms with E-state index in [4.69, 9.17) is 15.0 Å². The first-order valence-corrected chi connectivity index (χ1v) is 7.87. The lowest BCUT2D eigenvalue weighted by Crippen LogP contribution is -2.21. The molecule has 2 N–H and O–H groups in total. The van der Waals surface area contributed by atoms with Crippen LogP contribution in [-0.2, 0) is 23.2 Å². The number of rotatable bonds is 2. The second-order valence-electron chi connectivity index (χ2n) is 5.70. The van der Waals surface area contributed by atoms with Crippen molar-refractivity contribution >= 4 is 16.3 Å². The van der Waals surface area contributed by atoms with E-state index in [1.807, 2.05) is 6.92 Å². The maximum Gasteiger partial charge on any atom is 0.261 e. The molecule has 1 saturated heterocycles. The van der Waals surface area contributed by atoms with Gasteiger partial charge in [-0.15, -0.1) is 11.3 Å². The van der Waals surface area contributed by atoms with E-state index in [0.717, 1.165) is 42.9 Å². The van der Waals surface area contributed by atoms with Gasteiger partial charge in [0, 0.05) is 11.5 Å². The highest BCUT2D eigenvalue weighted by Gasteiger charge is 2.37. The summed E-state index contributed by atoms with van der Waals surface area (Å²) in [5.41, 5.74) is 8.00. The van der Waals surface area contributed by atoms with Crippen LogP contribution in [0, 0.1) is 0 Å². The molecule has 1 atom stereocenters. The van der Waals surface area contributed by atoms with Gasteiger partial charge in [0.25, 0.3) is 5.89 Å². The summed E-state index contributed by atoms with van der Waals surface area (Å²) in [6, 6.07) is 0. The summed E-state index contributed by atoms with van der Waals surface area (Å²) in [5.74, 6) is 1.19. The third-order valence-corrected chi connectivity index (χ3v) is 5.40. The van der Waals surface area contributed by atoms with Gasteiger partial charge in [0.05, 0.1) is 10.6 Å². The third-order valence-electron chi connectivity index (χ3n) is 4.28. The fourth-order valence-electron chi connectivity index (χ4n) is 3.16. The Bertz CT molecular complexity index is 655. The average Bonchev–Trinajstić information content (AvgIpc) is 3.11. The van der Waals surface area contributed by atoms with Gasteiger partial charge >= 0.3 is 0 Å². The number of aryl methyl sites for hydroxylation is 1. The van der Waals surface area contributed by atoms with Crippen LogP contribution in [0.15, 0.2) is 4.52 Å². The highest BCUT2D eigenvalue weighted by atomic mass is 32.1. The zero-order valence-electron chi connectivity index (χ0n) is 11.4. The molecule has 0 spiro atoms. The summed E-state index contributed by atoms with van der Waals surface area (Å²) in [4.78, 5) is 5.94. The molecular formula is C14H17N3O2S. The Hall–Kier alpha value is -1.40. The first-order valence-electron chi connectivity index (χ1n) is 7.06. The number of thiophene rings is 1. The Kier molecular flexibility index (Phi) is 2.65. The molecular weight excluding hydrogens is 274 g/mol. The van der Waals surface area contributed by atoms with Crippen LogP contribution in [0.5, 0.6) is 0 Å². The zero-order valence-corrected chi connectivity index (χ0v) is 12.3. The zero-order chi connectivity index (χ0) is 13.7. The molecule has 5 nitrogen and oxygen atoms in total. The third kappa shape index (κ3) is 1.71. The van der Waals surface area contributed by atoms with E-state index in [1.54, 1.807) is 11.3 Å². The lowest BCUT2D eigenvalue weighted by atomic mass is 10.0. The monoisotopic (exact) mass is 291 g/mol. The minimum atomic E-state index is -0.407. The highest BCUT2D eigenvalue weighted by Crippen LogP contribution is 2.43. The van der Waals surface area contributed by atoms with Crippen molar-refractivity contribution in [2.75, 3.05) is 12.3 Å². The average molecular weight is 291 g/mol. The normalized spacial score (nSPS) is 25.2. The summed E-state index contributed by atoms with van der Waals surface area (Å²) in [7, 11) is 0. The lowest BCUT2D eigenvalue weighted by Gasteiger charge is -2.17. The van der Waals surface area contributed by atoms with Gasteiger partial charge in [0.1, 0.15) is 5.60 Å². The summed E-state index contributed by atoms with van der Waals surface area (Å²) < 4.78 is 11.2. The standard InChI is InChI=1S/C14H17N3O2S/c1-14(6-3-7-18-14)13-16-12(19-17-13)10-8-4-2-5-9(8)20-11(10)15/h2-7,15H2,1H3. The molecule has 20 heavy (non-hydrogen) atoms. The molecule has 6 heteroatoms. The Labute approximate surface area is 121 Å². The molecule has 2 aromatic heterocycles. The number of nitrogens with zero attached hydrogens (tertiary/aromatic N) is 2. The predicted octanol–water partition coefficient (Wildman–Crippen LogP) is 2.89. The molecule has 2 aliphatic rings. The molecule has 1 fully saturated rings. The van der Waals surface area contributed by atoms with Gasteiger partial charge in [-0.05, 0) is 44.6 Å². The fourth-order valence-corrected chi connectivity index (χ4v) is 4.31. The smallest absolute Gasteiger partial charge is 0.261 e. The number of anilines is 1. The number of fused-ring (bicyclic) bond motifs is 1. The number of ether oxygens (including phenoxy) is 1. The van der Waals surface area contributed by atoms with E-state index < -0.39 is 5.60 Å². The second-order valence-corrected chi connectivity index (χ2v) is 6.84. The van der Waals surface area contributed by atoms with Gasteiger partial charge in [0.15, 0.2) is 0 Å². The maximum atomic E-state index is 6.14. The SMILES string of the molecule is CC1(c2noc(-c3c(N)sc4c3CCC4)n2)CCCO1. The highest BCUT2D eigenvalue weighted by molar-refractivity contribution is 7.16. The predicted molar refractivity (Wildman–Crippen MR) is 76.6 cm³/mol. The minimum Gasteiger partial charge on any atom is -0.390 e. The minimum absolute atomic E-state index is 0.407. The van der Waals surface area contributed by atoms with Crippen molar-refractivity contribution in [3.05, 3.63) is 16.3 Å². The summed E-state index contributed by atoms with van der Waals surface area (Å²) in [5, 5.41) is 4.92. The van der Waals surface area contributed by atoms with Crippen molar-refractivity contribution in [3.63, 3.8) is 0 Å². The molecule has 0 bridgehead atoms. The van der Waals surface area contributed by atoms with Crippen LogP contribution in [0.1, 0.15) is 42.5 Å². The fraction of sp³-hybridized carbons (Fsp3) is 0.571. The van der Waals surface area contributed by atoms with Crippen LogP contribution in [0.2, 0.25) is 0 Å². The summed E-state index contributed by atoms with van der Waals surface area (Å²) >= 11 is 1.66. The van der Waals surface area contributed by atoms with E-state index in [0.29, 0.717) is 11.7 Å². The number of hydrogen-bond donors (Lipinski definition) is 1. The van der Waals surface area contributed by atoms with Gasteiger partial charge in [-0.3, -0.25) is 0 Å². The molecule has 2 aromatic rings. The molecule has 0 amide bonds. The summed E-state index contributed by atoms with van der Waals surface area (Å²) in [6.07, 6.45) is 5.34. The Morgan fingerprint density at radius 1 is 1.30 bits per heavy atom. The van der Waals surface area contributed by atoms with Crippen molar-refractivity contribution in [2.24, 2.45) is 0 Å². The molecule has 0 aromatic carbocycles. The van der Waals surface area contributed by atoms with Gasteiger partial charge < -0.3 is 15.0 Å². The number of nitrogen functional groups attached to an aromatic ring is 1. The quantitative estimate of drug-likeness (QED) is 0.921. The molecule has 1 unspecified atom stereocenters. The first kappa shape index (κ1) is 12.3. The Morgan fingerprint density at radius 3 is 3.00 bits per heavy atom. The maximum absolute atomic E-state index is 6.14. The topological polar surface area (TPSA) is 74.2 Å². The van der Waals surface area contributed by atoms with E-state index in [1.165, 1.54) is 16.9 Å². The molecule has 0 radical (unpaired) electrons. The molecule has 0 saturated carbocycles. The van der Waals surface area contributed by atoms with Crippen molar-refractivity contribution in [1.82, 2.24) is 10.1 Å². The van der Waals surface area contributed by atoms with Crippen molar-refractivity contribution in [3.8, 4) is 11.5 Å². The van der Waals surface area contributed by atoms with Gasteiger partial charge in [0.2, 0.25) is 5.82 Å². The largest absolute Gasteiger partial charge is 0.390 e. The molecule has 106 valence electrons. The molecule has 1 aliphatic heterocycles. The van der Waals surface area contributed by atoms with Gasteiger partial charge in [-0.1, -0.05) is 5.16 Å². The van der Waals surface area contributed by atoms with E-state index in [2.05, 4.69) is 10.1 Å². The van der Waals surface area contributed by atoms with E-state index in [-0.39, 0.29) is 0 Å². The van der Waals surface area contributed by atoms with Crippen molar-refractivity contribution in [2.45, 2.75) is 44.6 Å². The van der Waals surface area contributed by atoms with Crippen LogP contribution < -0.4 is 5.73 Å². The van der Waals surface area contributed by atoms with E-state index >= 15 is 0 Å². The number of hydrogen-bond acceptors (Lipinski definition) is 6. The number of nitrogens with two attached hydrogens (primary N) is 1. The van der Waals surface area contributed by atoms with Crippen LogP contribution in [0.4, 0.5) is 5.00 Å². The first-order chi connectivity index (χ1) is 9.67.